The Bertz CT molecular complexity index is 508. The molecule has 0 rings (SSSR count). The van der Waals surface area contributed by atoms with E-state index in [-0.39, 0.29) is 0 Å². The number of carbonyl (C=O) groups is 5. The lowest BCUT2D eigenvalue weighted by molar-refractivity contribution is -0.138. The highest BCUT2D eigenvalue weighted by molar-refractivity contribution is 5.94. The molecule has 0 spiro atoms. The molecule has 0 aliphatic rings. The number of carboxylic acids is 1. The third-order valence-electron chi connectivity index (χ3n) is 2.72. The Morgan fingerprint density at radius 2 is 1.58 bits per heavy atom. The molecule has 0 aromatic carbocycles. The topological polar surface area (TPSA) is 214 Å². The molecule has 0 aromatic heterocycles. The van der Waals surface area contributed by atoms with E-state index in [1.54, 1.807) is 0 Å². The van der Waals surface area contributed by atoms with Gasteiger partial charge in [0.25, 0.3) is 0 Å². The van der Waals surface area contributed by atoms with Gasteiger partial charge >= 0.3 is 5.97 Å². The maximum absolute atomic E-state index is 11.7. The molecule has 0 saturated carbocycles. The summed E-state index contributed by atoms with van der Waals surface area (Å²) in [5.74, 6) is -4.76. The number of primary amides is 1. The molecule has 0 aromatic rings. The van der Waals surface area contributed by atoms with Crippen molar-refractivity contribution in [1.29, 1.82) is 0 Å². The van der Waals surface area contributed by atoms with Gasteiger partial charge in [-0.25, -0.2) is 0 Å². The van der Waals surface area contributed by atoms with Gasteiger partial charge in [-0.1, -0.05) is 0 Å². The second-order valence-corrected chi connectivity index (χ2v) is 4.89. The lowest BCUT2D eigenvalue weighted by Crippen LogP contribution is -2.53. The van der Waals surface area contributed by atoms with Crippen LogP contribution in [0, 0.1) is 0 Å². The molecule has 0 radical (unpaired) electrons. The van der Waals surface area contributed by atoms with Gasteiger partial charge in [0.05, 0.1) is 19.1 Å². The van der Waals surface area contributed by atoms with Crippen molar-refractivity contribution < 1.29 is 34.2 Å². The van der Waals surface area contributed by atoms with Gasteiger partial charge in [-0.2, -0.15) is 0 Å². The molecule has 136 valence electrons. The molecule has 0 aliphatic heterocycles. The van der Waals surface area contributed by atoms with Gasteiger partial charge in [-0.3, -0.25) is 24.0 Å². The van der Waals surface area contributed by atoms with E-state index in [9.17, 15) is 24.0 Å². The van der Waals surface area contributed by atoms with Crippen molar-refractivity contribution >= 4 is 29.6 Å². The second-order valence-electron chi connectivity index (χ2n) is 4.89. The molecule has 3 unspecified atom stereocenters. The third-order valence-corrected chi connectivity index (χ3v) is 2.72. The van der Waals surface area contributed by atoms with Crippen LogP contribution in [0.3, 0.4) is 0 Å². The summed E-state index contributed by atoms with van der Waals surface area (Å²) in [5.41, 5.74) is 10.3. The highest BCUT2D eigenvalue weighted by Gasteiger charge is 2.24. The van der Waals surface area contributed by atoms with E-state index < -0.39 is 67.3 Å². The predicted octanol–water partition coefficient (Wildman–Crippen LogP) is -4.63. The summed E-state index contributed by atoms with van der Waals surface area (Å²) in [6.45, 7) is 0.0185. The highest BCUT2D eigenvalue weighted by atomic mass is 16.4. The number of rotatable bonds is 10. The van der Waals surface area contributed by atoms with Crippen LogP contribution in [-0.2, 0) is 24.0 Å². The zero-order valence-electron chi connectivity index (χ0n) is 12.9. The average molecular weight is 347 g/mol. The first-order chi connectivity index (χ1) is 11.0. The number of nitrogens with one attached hydrogen (secondary N) is 3. The van der Waals surface area contributed by atoms with Crippen molar-refractivity contribution in [1.82, 2.24) is 16.0 Å². The Kier molecular flexibility index (Phi) is 8.97. The van der Waals surface area contributed by atoms with Crippen molar-refractivity contribution in [3.63, 3.8) is 0 Å². The summed E-state index contributed by atoms with van der Waals surface area (Å²) in [4.78, 5) is 56.2. The maximum atomic E-state index is 11.7. The summed E-state index contributed by atoms with van der Waals surface area (Å²) in [6.07, 6.45) is -1.68. The molecule has 9 N–H and O–H groups in total. The number of hydrogen-bond acceptors (Lipinski definition) is 7. The number of aliphatic carboxylic acids is 1. The number of carboxylic acid groups (broad SMARTS) is 1. The van der Waals surface area contributed by atoms with Crippen molar-refractivity contribution in [2.24, 2.45) is 11.5 Å². The minimum Gasteiger partial charge on any atom is -0.480 e. The van der Waals surface area contributed by atoms with Gasteiger partial charge in [0.15, 0.2) is 0 Å². The first-order valence-electron chi connectivity index (χ1n) is 6.83. The van der Waals surface area contributed by atoms with Crippen LogP contribution in [0.15, 0.2) is 0 Å². The molecule has 0 heterocycles. The fraction of sp³-hybridized carbons (Fsp3) is 0.583. The van der Waals surface area contributed by atoms with Crippen LogP contribution in [0.5, 0.6) is 0 Å². The van der Waals surface area contributed by atoms with Gasteiger partial charge in [0.2, 0.25) is 23.6 Å². The number of nitrogens with two attached hydrogens (primary N) is 2. The quantitative estimate of drug-likeness (QED) is 0.203. The van der Waals surface area contributed by atoms with E-state index in [0.29, 0.717) is 0 Å². The molecule has 0 aliphatic carbocycles. The molecule has 4 amide bonds. The smallest absolute Gasteiger partial charge is 0.322 e. The first-order valence-corrected chi connectivity index (χ1v) is 6.83. The summed E-state index contributed by atoms with van der Waals surface area (Å²) in [6, 6.07) is -2.63. The number of aliphatic hydroxyl groups excluding tert-OH is 1. The Labute approximate surface area is 136 Å². The molecule has 0 fully saturated rings. The van der Waals surface area contributed by atoms with E-state index in [0.717, 1.165) is 0 Å². The van der Waals surface area contributed by atoms with E-state index >= 15 is 0 Å². The minimum atomic E-state index is -1.39. The zero-order valence-corrected chi connectivity index (χ0v) is 12.9. The van der Waals surface area contributed by atoms with Gasteiger partial charge in [0.1, 0.15) is 18.6 Å². The van der Waals surface area contributed by atoms with Gasteiger partial charge in [-0.15, -0.1) is 0 Å². The van der Waals surface area contributed by atoms with Crippen LogP contribution in [0.1, 0.15) is 13.3 Å². The largest absolute Gasteiger partial charge is 0.480 e. The fourth-order valence-corrected chi connectivity index (χ4v) is 1.45. The summed E-state index contributed by atoms with van der Waals surface area (Å²) in [5, 5.41) is 23.9. The van der Waals surface area contributed by atoms with E-state index in [2.05, 4.69) is 10.6 Å². The standard InChI is InChI=1S/C12H21N5O7/c1-5(18)10(14)12(24)15-3-8(20)17-6(2-7(13)19)11(23)16-4-9(21)22/h5-6,10,18H,2-4,14H2,1H3,(H2,13,19)(H,15,24)(H,16,23)(H,17,20)(H,21,22). The molecular weight excluding hydrogens is 326 g/mol. The third kappa shape index (κ3) is 8.65. The Hall–Kier alpha value is -2.73. The predicted molar refractivity (Wildman–Crippen MR) is 79.1 cm³/mol. The molecule has 0 bridgehead atoms. The number of carbonyl (C=O) groups excluding carboxylic acids is 4. The van der Waals surface area contributed by atoms with E-state index in [4.69, 9.17) is 21.7 Å². The fourth-order valence-electron chi connectivity index (χ4n) is 1.45. The van der Waals surface area contributed by atoms with Gasteiger partial charge in [-0.05, 0) is 6.92 Å². The van der Waals surface area contributed by atoms with Crippen LogP contribution in [0.2, 0.25) is 0 Å². The monoisotopic (exact) mass is 347 g/mol. The first kappa shape index (κ1) is 21.3. The molecule has 0 saturated heterocycles. The normalized spacial score (nSPS) is 14.0. The molecule has 12 heteroatoms. The molecule has 24 heavy (non-hydrogen) atoms. The van der Waals surface area contributed by atoms with E-state index in [1.807, 2.05) is 5.32 Å². The lowest BCUT2D eigenvalue weighted by atomic mass is 10.1. The van der Waals surface area contributed by atoms with Gasteiger partial charge < -0.3 is 37.6 Å². The van der Waals surface area contributed by atoms with Crippen LogP contribution in [0.25, 0.3) is 0 Å². The number of aliphatic hydroxyl groups is 1. The van der Waals surface area contributed by atoms with Crippen molar-refractivity contribution in [2.75, 3.05) is 13.1 Å². The van der Waals surface area contributed by atoms with Crippen LogP contribution < -0.4 is 27.4 Å². The Balaban J connectivity index is 4.59. The zero-order chi connectivity index (χ0) is 18.9. The summed E-state index contributed by atoms with van der Waals surface area (Å²) >= 11 is 0. The highest BCUT2D eigenvalue weighted by Crippen LogP contribution is 1.93. The minimum absolute atomic E-state index is 0.557. The van der Waals surface area contributed by atoms with Gasteiger partial charge in [0, 0.05) is 0 Å². The Morgan fingerprint density at radius 1 is 1.04 bits per heavy atom. The summed E-state index contributed by atoms with van der Waals surface area (Å²) in [7, 11) is 0. The lowest BCUT2D eigenvalue weighted by Gasteiger charge is -2.18. The van der Waals surface area contributed by atoms with Crippen LogP contribution in [-0.4, -0.2) is 71.1 Å². The number of amides is 4. The molecule has 3 atom stereocenters. The van der Waals surface area contributed by atoms with Crippen molar-refractivity contribution in [3.05, 3.63) is 0 Å². The van der Waals surface area contributed by atoms with Crippen molar-refractivity contribution in [3.8, 4) is 0 Å². The van der Waals surface area contributed by atoms with E-state index in [1.165, 1.54) is 6.92 Å². The Morgan fingerprint density at radius 3 is 2.04 bits per heavy atom. The van der Waals surface area contributed by atoms with Crippen LogP contribution >= 0.6 is 0 Å². The molecular formula is C12H21N5O7. The molecule has 12 nitrogen and oxygen atoms in total. The maximum Gasteiger partial charge on any atom is 0.322 e. The average Bonchev–Trinajstić information content (AvgIpc) is 2.48. The SMILES string of the molecule is CC(O)C(N)C(=O)NCC(=O)NC(CC(N)=O)C(=O)NCC(=O)O. The second kappa shape index (κ2) is 10.1. The van der Waals surface area contributed by atoms with Crippen LogP contribution in [0.4, 0.5) is 0 Å². The number of hydrogen-bond donors (Lipinski definition) is 7. The van der Waals surface area contributed by atoms with Crippen molar-refractivity contribution in [2.45, 2.75) is 31.5 Å². The summed E-state index contributed by atoms with van der Waals surface area (Å²) < 4.78 is 0.